The highest BCUT2D eigenvalue weighted by atomic mass is 16.6. The van der Waals surface area contributed by atoms with Crippen LogP contribution < -0.4 is 4.90 Å². The van der Waals surface area contributed by atoms with Crippen molar-refractivity contribution in [3.63, 3.8) is 0 Å². The first-order valence-electron chi connectivity index (χ1n) is 9.06. The van der Waals surface area contributed by atoms with Crippen LogP contribution in [0, 0.1) is 21.4 Å². The van der Waals surface area contributed by atoms with Gasteiger partial charge in [0.1, 0.15) is 0 Å². The van der Waals surface area contributed by atoms with Gasteiger partial charge in [0.15, 0.2) is 0 Å². The molecule has 2 aliphatic rings. The lowest BCUT2D eigenvalue weighted by atomic mass is 9.90. The van der Waals surface area contributed by atoms with Crippen molar-refractivity contribution in [3.8, 4) is 0 Å². The van der Waals surface area contributed by atoms with Crippen LogP contribution in [0.4, 0.5) is 11.4 Å². The Labute approximate surface area is 153 Å². The second-order valence-corrected chi connectivity index (χ2v) is 8.15. The van der Waals surface area contributed by atoms with Gasteiger partial charge in [-0.2, -0.15) is 0 Å². The molecule has 1 atom stereocenters. The minimum atomic E-state index is -0.454. The van der Waals surface area contributed by atoms with Crippen molar-refractivity contribution in [2.75, 3.05) is 24.5 Å². The van der Waals surface area contributed by atoms with Gasteiger partial charge in [-0.25, -0.2) is 0 Å². The van der Waals surface area contributed by atoms with Crippen LogP contribution in [-0.4, -0.2) is 41.3 Å². The second kappa shape index (κ2) is 6.70. The molecule has 2 heterocycles. The molecule has 0 N–H and O–H groups in total. The third-order valence-corrected chi connectivity index (χ3v) is 5.13. The molecule has 26 heavy (non-hydrogen) atoms. The summed E-state index contributed by atoms with van der Waals surface area (Å²) in [5.41, 5.74) is 1.20. The number of hydrogen-bond acceptors (Lipinski definition) is 4. The van der Waals surface area contributed by atoms with Crippen molar-refractivity contribution in [2.24, 2.45) is 11.3 Å². The molecule has 1 saturated heterocycles. The molecule has 1 aromatic carbocycles. The van der Waals surface area contributed by atoms with E-state index in [1.165, 1.54) is 6.07 Å². The number of carbonyl (C=O) groups excluding carboxylic acids is 2. The number of nitrogens with zero attached hydrogens (tertiary/aromatic N) is 3. The van der Waals surface area contributed by atoms with Gasteiger partial charge < -0.3 is 9.80 Å². The molecule has 7 nitrogen and oxygen atoms in total. The van der Waals surface area contributed by atoms with Gasteiger partial charge in [0.05, 0.1) is 10.8 Å². The van der Waals surface area contributed by atoms with E-state index < -0.39 is 10.3 Å². The van der Waals surface area contributed by atoms with Crippen LogP contribution in [0.15, 0.2) is 18.2 Å². The monoisotopic (exact) mass is 359 g/mol. The molecule has 3 rings (SSSR count). The lowest BCUT2D eigenvalue weighted by molar-refractivity contribution is -0.384. The molecule has 7 heteroatoms. The van der Waals surface area contributed by atoms with E-state index in [4.69, 9.17) is 0 Å². The van der Waals surface area contributed by atoms with Crippen LogP contribution in [0.25, 0.3) is 0 Å². The first-order chi connectivity index (χ1) is 12.2. The summed E-state index contributed by atoms with van der Waals surface area (Å²) in [6.45, 7) is 7.37. The molecule has 0 aliphatic carbocycles. The van der Waals surface area contributed by atoms with Crippen LogP contribution in [0.5, 0.6) is 0 Å². The van der Waals surface area contributed by atoms with E-state index in [2.05, 4.69) is 0 Å². The molecular weight excluding hydrogens is 334 g/mol. The summed E-state index contributed by atoms with van der Waals surface area (Å²) in [6.07, 6.45) is 2.21. The Hall–Kier alpha value is -2.44. The smallest absolute Gasteiger partial charge is 0.269 e. The van der Waals surface area contributed by atoms with E-state index in [1.807, 2.05) is 20.8 Å². The molecule has 1 aromatic rings. The highest BCUT2D eigenvalue weighted by Crippen LogP contribution is 2.33. The molecule has 140 valence electrons. The number of carbonyl (C=O) groups is 2. The largest absolute Gasteiger partial charge is 0.341 e. The molecule has 0 radical (unpaired) electrons. The van der Waals surface area contributed by atoms with Gasteiger partial charge in [0.25, 0.3) is 5.69 Å². The molecular formula is C19H25N3O4. The summed E-state index contributed by atoms with van der Waals surface area (Å²) in [5, 5.41) is 10.9. The molecule has 2 amide bonds. The number of hydrogen-bond donors (Lipinski definition) is 0. The Kier molecular flexibility index (Phi) is 4.73. The second-order valence-electron chi connectivity index (χ2n) is 8.15. The third kappa shape index (κ3) is 3.43. The Morgan fingerprint density at radius 1 is 1.23 bits per heavy atom. The van der Waals surface area contributed by atoms with Crippen molar-refractivity contribution >= 4 is 23.2 Å². The van der Waals surface area contributed by atoms with Gasteiger partial charge in [-0.3, -0.25) is 19.7 Å². The molecule has 1 unspecified atom stereocenters. The maximum atomic E-state index is 13.1. The fourth-order valence-electron chi connectivity index (χ4n) is 3.79. The van der Waals surface area contributed by atoms with Gasteiger partial charge in [-0.15, -0.1) is 0 Å². The normalized spacial score (nSPS) is 20.0. The van der Waals surface area contributed by atoms with Gasteiger partial charge in [0.2, 0.25) is 11.8 Å². The van der Waals surface area contributed by atoms with E-state index >= 15 is 0 Å². The quantitative estimate of drug-likeness (QED) is 0.600. The van der Waals surface area contributed by atoms with Gasteiger partial charge in [0, 0.05) is 42.9 Å². The summed E-state index contributed by atoms with van der Waals surface area (Å²) in [4.78, 5) is 39.7. The van der Waals surface area contributed by atoms with E-state index in [-0.39, 0.29) is 23.4 Å². The van der Waals surface area contributed by atoms with Crippen molar-refractivity contribution < 1.29 is 14.5 Å². The van der Waals surface area contributed by atoms with Gasteiger partial charge in [-0.05, 0) is 30.9 Å². The van der Waals surface area contributed by atoms with Crippen molar-refractivity contribution in [3.05, 3.63) is 33.9 Å². The Bertz CT molecular complexity index is 754. The van der Waals surface area contributed by atoms with Crippen LogP contribution >= 0.6 is 0 Å². The standard InChI is InChI=1S/C19H25N3O4/c1-19(2,3)18(24)20-9-4-5-14(12-20)17(23)21-10-8-13-11-15(22(25)26)6-7-16(13)21/h6-7,11,14H,4-5,8-10,12H2,1-3H3. The SMILES string of the molecule is CC(C)(C)C(=O)N1CCCC(C(=O)N2CCc3cc([N+](=O)[O-])ccc32)C1. The first-order valence-corrected chi connectivity index (χ1v) is 9.06. The maximum absolute atomic E-state index is 13.1. The number of likely N-dealkylation sites (tertiary alicyclic amines) is 1. The molecule has 0 aromatic heterocycles. The number of nitro benzene ring substituents is 1. The highest BCUT2D eigenvalue weighted by molar-refractivity contribution is 5.97. The van der Waals surface area contributed by atoms with Gasteiger partial charge in [-0.1, -0.05) is 20.8 Å². The van der Waals surface area contributed by atoms with Gasteiger partial charge >= 0.3 is 0 Å². The number of benzene rings is 1. The van der Waals surface area contributed by atoms with Crippen LogP contribution in [0.1, 0.15) is 39.2 Å². The van der Waals surface area contributed by atoms with Crippen LogP contribution in [0.3, 0.4) is 0 Å². The highest BCUT2D eigenvalue weighted by Gasteiger charge is 2.37. The Balaban J connectivity index is 1.75. The molecule has 0 spiro atoms. The fraction of sp³-hybridized carbons (Fsp3) is 0.579. The molecule has 0 bridgehead atoms. The van der Waals surface area contributed by atoms with Crippen molar-refractivity contribution in [2.45, 2.75) is 40.0 Å². The summed E-state index contributed by atoms with van der Waals surface area (Å²) in [5.74, 6) is -0.118. The zero-order chi connectivity index (χ0) is 19.1. The average molecular weight is 359 g/mol. The predicted octanol–water partition coefficient (Wildman–Crippen LogP) is 2.77. The van der Waals surface area contributed by atoms with E-state index in [9.17, 15) is 19.7 Å². The lowest BCUT2D eigenvalue weighted by Gasteiger charge is -2.37. The molecule has 0 saturated carbocycles. The number of amides is 2. The van der Waals surface area contributed by atoms with Crippen LogP contribution in [0.2, 0.25) is 0 Å². The third-order valence-electron chi connectivity index (χ3n) is 5.13. The minimum absolute atomic E-state index is 0.0176. The Morgan fingerprint density at radius 2 is 1.96 bits per heavy atom. The summed E-state index contributed by atoms with van der Waals surface area (Å²) >= 11 is 0. The fourth-order valence-corrected chi connectivity index (χ4v) is 3.79. The zero-order valence-corrected chi connectivity index (χ0v) is 15.5. The molecule has 2 aliphatic heterocycles. The number of nitro groups is 1. The number of anilines is 1. The maximum Gasteiger partial charge on any atom is 0.269 e. The minimum Gasteiger partial charge on any atom is -0.341 e. The zero-order valence-electron chi connectivity index (χ0n) is 15.5. The Morgan fingerprint density at radius 3 is 2.62 bits per heavy atom. The number of piperidine rings is 1. The summed E-state index contributed by atoms with van der Waals surface area (Å²) in [6, 6.07) is 4.67. The van der Waals surface area contributed by atoms with Crippen molar-refractivity contribution in [1.29, 1.82) is 0 Å². The molecule has 1 fully saturated rings. The summed E-state index contributed by atoms with van der Waals surface area (Å²) in [7, 11) is 0. The number of non-ortho nitro benzene ring substituents is 1. The van der Waals surface area contributed by atoms with Crippen LogP contribution in [-0.2, 0) is 16.0 Å². The number of rotatable bonds is 2. The topological polar surface area (TPSA) is 83.8 Å². The lowest BCUT2D eigenvalue weighted by Crippen LogP contribution is -2.49. The predicted molar refractivity (Wildman–Crippen MR) is 97.9 cm³/mol. The first kappa shape index (κ1) is 18.4. The summed E-state index contributed by atoms with van der Waals surface area (Å²) < 4.78 is 0. The average Bonchev–Trinajstić information content (AvgIpc) is 3.02. The van der Waals surface area contributed by atoms with E-state index in [1.54, 1.807) is 21.9 Å². The van der Waals surface area contributed by atoms with E-state index in [0.717, 1.165) is 24.1 Å². The number of fused-ring (bicyclic) bond motifs is 1. The van der Waals surface area contributed by atoms with Crippen molar-refractivity contribution in [1.82, 2.24) is 4.90 Å². The van der Waals surface area contributed by atoms with E-state index in [0.29, 0.717) is 26.1 Å².